The molecule has 1 aromatic rings. The van der Waals surface area contributed by atoms with E-state index in [1.165, 1.54) is 16.2 Å². The summed E-state index contributed by atoms with van der Waals surface area (Å²) in [6.45, 7) is 6.35. The molecule has 1 atom stereocenters. The summed E-state index contributed by atoms with van der Waals surface area (Å²) in [5, 5.41) is 11.6. The van der Waals surface area contributed by atoms with Gasteiger partial charge in [0.25, 0.3) is 0 Å². The van der Waals surface area contributed by atoms with Gasteiger partial charge in [-0.1, -0.05) is 0 Å². The highest BCUT2D eigenvalue weighted by atomic mass is 32.1. The Morgan fingerprint density at radius 3 is 2.74 bits per heavy atom. The molecule has 1 rings (SSSR count). The van der Waals surface area contributed by atoms with Crippen LogP contribution < -0.4 is 5.32 Å². The molecule has 0 aliphatic heterocycles. The molecule has 7 heteroatoms. The lowest BCUT2D eigenvalue weighted by Crippen LogP contribution is -2.45. The molecule has 0 bridgehead atoms. The molecule has 2 N–H and O–H groups in total. The number of carbonyl (C=O) groups excluding carboxylic acids is 1. The molecule has 0 aliphatic carbocycles. The average Bonchev–Trinajstić information content (AvgIpc) is 2.72. The van der Waals surface area contributed by atoms with Crippen LogP contribution in [0.3, 0.4) is 0 Å². The maximum Gasteiger partial charge on any atom is 0.317 e. The quantitative estimate of drug-likeness (QED) is 0.835. The fourth-order valence-corrected chi connectivity index (χ4v) is 2.49. The number of carboxylic acids is 1. The number of thiazole rings is 1. The standard InChI is InChI=1S/C12H19N3O3S/c1-4-15(8(2)5-11(16)17)12(18)13-6-10-9(3)14-7-19-10/h7-8H,4-6H2,1-3H3,(H,13,18)(H,16,17). The van der Waals surface area contributed by atoms with E-state index in [-0.39, 0.29) is 18.5 Å². The van der Waals surface area contributed by atoms with E-state index in [0.29, 0.717) is 13.1 Å². The van der Waals surface area contributed by atoms with E-state index in [9.17, 15) is 9.59 Å². The van der Waals surface area contributed by atoms with Crippen LogP contribution in [0.1, 0.15) is 30.8 Å². The summed E-state index contributed by atoms with van der Waals surface area (Å²) < 4.78 is 0. The van der Waals surface area contributed by atoms with Crippen LogP contribution >= 0.6 is 11.3 Å². The van der Waals surface area contributed by atoms with Crippen molar-refractivity contribution in [3.05, 3.63) is 16.1 Å². The highest BCUT2D eigenvalue weighted by Gasteiger charge is 2.20. The van der Waals surface area contributed by atoms with Crippen molar-refractivity contribution in [3.8, 4) is 0 Å². The minimum Gasteiger partial charge on any atom is -0.481 e. The van der Waals surface area contributed by atoms with Gasteiger partial charge in [-0.2, -0.15) is 0 Å². The highest BCUT2D eigenvalue weighted by molar-refractivity contribution is 7.09. The fraction of sp³-hybridized carbons (Fsp3) is 0.583. The number of hydrogen-bond donors (Lipinski definition) is 2. The number of amides is 2. The molecule has 0 spiro atoms. The van der Waals surface area contributed by atoms with Crippen molar-refractivity contribution >= 4 is 23.3 Å². The van der Waals surface area contributed by atoms with E-state index < -0.39 is 5.97 Å². The van der Waals surface area contributed by atoms with Crippen LogP contribution in [0.4, 0.5) is 4.79 Å². The predicted molar refractivity (Wildman–Crippen MR) is 73.2 cm³/mol. The number of hydrogen-bond acceptors (Lipinski definition) is 4. The van der Waals surface area contributed by atoms with Crippen molar-refractivity contribution < 1.29 is 14.7 Å². The van der Waals surface area contributed by atoms with Crippen molar-refractivity contribution in [2.75, 3.05) is 6.54 Å². The zero-order chi connectivity index (χ0) is 14.4. The van der Waals surface area contributed by atoms with Gasteiger partial charge >= 0.3 is 12.0 Å². The van der Waals surface area contributed by atoms with Crippen molar-refractivity contribution in [1.29, 1.82) is 0 Å². The largest absolute Gasteiger partial charge is 0.481 e. The zero-order valence-electron chi connectivity index (χ0n) is 11.3. The van der Waals surface area contributed by atoms with E-state index in [4.69, 9.17) is 5.11 Å². The maximum atomic E-state index is 12.0. The van der Waals surface area contributed by atoms with E-state index in [1.807, 2.05) is 13.8 Å². The number of nitrogens with one attached hydrogen (secondary N) is 1. The lowest BCUT2D eigenvalue weighted by Gasteiger charge is -2.27. The van der Waals surface area contributed by atoms with Gasteiger partial charge in [0, 0.05) is 17.5 Å². The SMILES string of the molecule is CCN(C(=O)NCc1scnc1C)C(C)CC(=O)O. The van der Waals surface area contributed by atoms with Crippen molar-refractivity contribution in [2.45, 2.75) is 39.8 Å². The molecule has 1 heterocycles. The summed E-state index contributed by atoms with van der Waals surface area (Å²) in [6.07, 6.45) is -0.0547. The van der Waals surface area contributed by atoms with E-state index in [2.05, 4.69) is 10.3 Å². The smallest absolute Gasteiger partial charge is 0.317 e. The Bertz CT molecular complexity index is 447. The minimum atomic E-state index is -0.906. The lowest BCUT2D eigenvalue weighted by atomic mass is 10.2. The van der Waals surface area contributed by atoms with Gasteiger partial charge in [-0.3, -0.25) is 4.79 Å². The van der Waals surface area contributed by atoms with Crippen molar-refractivity contribution in [1.82, 2.24) is 15.2 Å². The number of urea groups is 1. The molecular weight excluding hydrogens is 266 g/mol. The molecule has 0 aliphatic rings. The first-order valence-electron chi connectivity index (χ1n) is 6.10. The summed E-state index contributed by atoms with van der Waals surface area (Å²) in [5.74, 6) is -0.906. The maximum absolute atomic E-state index is 12.0. The molecule has 0 saturated carbocycles. The number of carboxylic acid groups (broad SMARTS) is 1. The summed E-state index contributed by atoms with van der Waals surface area (Å²) in [4.78, 5) is 29.3. The topological polar surface area (TPSA) is 82.5 Å². The predicted octanol–water partition coefficient (Wildman–Crippen LogP) is 1.85. The number of aromatic nitrogens is 1. The van der Waals surface area contributed by atoms with Gasteiger partial charge < -0.3 is 15.3 Å². The molecule has 106 valence electrons. The molecule has 0 aromatic carbocycles. The monoisotopic (exact) mass is 285 g/mol. The molecule has 0 radical (unpaired) electrons. The van der Waals surface area contributed by atoms with Gasteiger partial charge in [0.2, 0.25) is 0 Å². The van der Waals surface area contributed by atoms with Crippen LogP contribution in [-0.2, 0) is 11.3 Å². The molecule has 6 nitrogen and oxygen atoms in total. The average molecular weight is 285 g/mol. The summed E-state index contributed by atoms with van der Waals surface area (Å²) in [6, 6.07) is -0.575. The first kappa shape index (κ1) is 15.4. The van der Waals surface area contributed by atoms with Crippen LogP contribution in [-0.4, -0.2) is 39.6 Å². The molecule has 19 heavy (non-hydrogen) atoms. The van der Waals surface area contributed by atoms with Gasteiger partial charge in [0.15, 0.2) is 0 Å². The number of rotatable bonds is 6. The van der Waals surface area contributed by atoms with E-state index >= 15 is 0 Å². The van der Waals surface area contributed by atoms with Gasteiger partial charge in [0.1, 0.15) is 0 Å². The van der Waals surface area contributed by atoms with Crippen LogP contribution in [0.15, 0.2) is 5.51 Å². The molecular formula is C12H19N3O3S. The Balaban J connectivity index is 2.54. The van der Waals surface area contributed by atoms with Crippen molar-refractivity contribution in [3.63, 3.8) is 0 Å². The highest BCUT2D eigenvalue weighted by Crippen LogP contribution is 2.12. The Morgan fingerprint density at radius 2 is 2.26 bits per heavy atom. The second-order valence-electron chi connectivity index (χ2n) is 4.25. The third kappa shape index (κ3) is 4.51. The Labute approximate surface area is 116 Å². The molecule has 1 unspecified atom stereocenters. The van der Waals surface area contributed by atoms with Gasteiger partial charge in [-0.15, -0.1) is 11.3 Å². The number of aliphatic carboxylic acids is 1. The third-order valence-corrected chi connectivity index (χ3v) is 3.78. The van der Waals surface area contributed by atoms with E-state index in [1.54, 1.807) is 12.4 Å². The Hall–Kier alpha value is -1.63. The van der Waals surface area contributed by atoms with Crippen LogP contribution in [0.25, 0.3) is 0 Å². The summed E-state index contributed by atoms with van der Waals surface area (Å²) in [5.41, 5.74) is 2.65. The molecule has 1 aromatic heterocycles. The summed E-state index contributed by atoms with van der Waals surface area (Å²) in [7, 11) is 0. The van der Waals surface area contributed by atoms with Crippen LogP contribution in [0.2, 0.25) is 0 Å². The second-order valence-corrected chi connectivity index (χ2v) is 5.19. The first-order valence-corrected chi connectivity index (χ1v) is 6.98. The Kier molecular flexibility index (Phi) is 5.75. The normalized spacial score (nSPS) is 11.9. The van der Waals surface area contributed by atoms with Gasteiger partial charge in [-0.25, -0.2) is 9.78 Å². The molecule has 0 saturated heterocycles. The molecule has 0 fully saturated rings. The Morgan fingerprint density at radius 1 is 1.58 bits per heavy atom. The minimum absolute atomic E-state index is 0.0547. The second kappa shape index (κ2) is 7.08. The third-order valence-electron chi connectivity index (χ3n) is 2.85. The van der Waals surface area contributed by atoms with Gasteiger partial charge in [-0.05, 0) is 20.8 Å². The lowest BCUT2D eigenvalue weighted by molar-refractivity contribution is -0.138. The summed E-state index contributed by atoms with van der Waals surface area (Å²) >= 11 is 1.49. The van der Waals surface area contributed by atoms with E-state index in [0.717, 1.165) is 10.6 Å². The zero-order valence-corrected chi connectivity index (χ0v) is 12.2. The number of aryl methyl sites for hydroxylation is 1. The van der Waals surface area contributed by atoms with Crippen LogP contribution in [0, 0.1) is 6.92 Å². The van der Waals surface area contributed by atoms with Gasteiger partial charge in [0.05, 0.1) is 24.2 Å². The first-order chi connectivity index (χ1) is 8.95. The number of carbonyl (C=O) groups is 2. The fourth-order valence-electron chi connectivity index (χ4n) is 1.77. The number of nitrogens with zero attached hydrogens (tertiary/aromatic N) is 2. The van der Waals surface area contributed by atoms with Crippen LogP contribution in [0.5, 0.6) is 0 Å². The van der Waals surface area contributed by atoms with Crippen molar-refractivity contribution in [2.24, 2.45) is 0 Å². The molecule has 2 amide bonds.